The molecule has 0 spiro atoms. The zero-order valence-electron chi connectivity index (χ0n) is 21.0. The molecule has 0 saturated heterocycles. The van der Waals surface area contributed by atoms with Gasteiger partial charge < -0.3 is 5.32 Å². The Morgan fingerprint density at radius 3 is 2.13 bits per heavy atom. The van der Waals surface area contributed by atoms with Crippen molar-refractivity contribution in [2.45, 2.75) is 24.8 Å². The lowest BCUT2D eigenvalue weighted by atomic mass is 9.78. The molecule has 0 fully saturated rings. The molecule has 2 unspecified atom stereocenters. The van der Waals surface area contributed by atoms with Crippen molar-refractivity contribution in [2.75, 3.05) is 10.2 Å². The third-order valence-electron chi connectivity index (χ3n) is 7.42. The van der Waals surface area contributed by atoms with Gasteiger partial charge in [0, 0.05) is 35.4 Å². The number of amides is 1. The number of benzene rings is 4. The van der Waals surface area contributed by atoms with Crippen molar-refractivity contribution >= 4 is 28.8 Å². The summed E-state index contributed by atoms with van der Waals surface area (Å²) in [5, 5.41) is 14.9. The number of carbonyl (C=O) groups excluding carboxylic acids is 2. The Hall–Kier alpha value is -5.04. The molecule has 2 aliphatic rings. The Morgan fingerprint density at radius 1 is 0.795 bits per heavy atom. The van der Waals surface area contributed by atoms with Crippen LogP contribution in [0.5, 0.6) is 0 Å². The molecule has 4 aromatic rings. The van der Waals surface area contributed by atoms with Gasteiger partial charge >= 0.3 is 0 Å². The maximum absolute atomic E-state index is 14.2. The fraction of sp³-hybridized carbons (Fsp3) is 0.125. The minimum atomic E-state index is -0.770. The molecule has 6 rings (SSSR count). The van der Waals surface area contributed by atoms with E-state index in [0.29, 0.717) is 35.2 Å². The van der Waals surface area contributed by atoms with E-state index in [1.165, 1.54) is 12.1 Å². The van der Waals surface area contributed by atoms with Crippen LogP contribution in [0, 0.1) is 10.1 Å². The summed E-state index contributed by atoms with van der Waals surface area (Å²) in [5.74, 6) is -0.328. The second-order valence-corrected chi connectivity index (χ2v) is 9.77. The number of non-ortho nitro benzene ring substituents is 1. The minimum absolute atomic E-state index is 0.00834. The van der Waals surface area contributed by atoms with Crippen LogP contribution >= 0.6 is 0 Å². The maximum atomic E-state index is 14.2. The number of nitro groups is 1. The number of para-hydroxylation sites is 2. The first-order valence-corrected chi connectivity index (χ1v) is 12.8. The number of nitrogens with one attached hydrogen (secondary N) is 1. The predicted octanol–water partition coefficient (Wildman–Crippen LogP) is 6.81. The van der Waals surface area contributed by atoms with Crippen molar-refractivity contribution < 1.29 is 14.5 Å². The molecule has 1 heterocycles. The van der Waals surface area contributed by atoms with E-state index in [2.05, 4.69) is 5.32 Å². The van der Waals surface area contributed by atoms with Crippen molar-refractivity contribution in [3.05, 3.63) is 147 Å². The highest BCUT2D eigenvalue weighted by Gasteiger charge is 2.42. The number of ketones is 1. The molecule has 2 atom stereocenters. The van der Waals surface area contributed by atoms with Crippen LogP contribution in [0.15, 0.2) is 120 Å². The quantitative estimate of drug-likeness (QED) is 0.238. The largest absolute Gasteiger partial charge is 0.357 e. The molecule has 1 aliphatic heterocycles. The van der Waals surface area contributed by atoms with Gasteiger partial charge in [-0.05, 0) is 59.9 Å². The summed E-state index contributed by atoms with van der Waals surface area (Å²) in [6, 6.07) is 31.8. The van der Waals surface area contributed by atoms with Crippen LogP contribution in [0.2, 0.25) is 0 Å². The van der Waals surface area contributed by atoms with Crippen LogP contribution < -0.4 is 10.2 Å². The predicted molar refractivity (Wildman–Crippen MR) is 150 cm³/mol. The van der Waals surface area contributed by atoms with E-state index in [1.54, 1.807) is 41.3 Å². The molecule has 192 valence electrons. The lowest BCUT2D eigenvalue weighted by Crippen LogP contribution is -2.38. The zero-order valence-corrected chi connectivity index (χ0v) is 21.0. The first-order chi connectivity index (χ1) is 19.0. The van der Waals surface area contributed by atoms with Crippen LogP contribution in [0.3, 0.4) is 0 Å². The third kappa shape index (κ3) is 4.48. The molecule has 0 aromatic heterocycles. The van der Waals surface area contributed by atoms with Crippen molar-refractivity contribution in [3.63, 3.8) is 0 Å². The molecule has 0 bridgehead atoms. The van der Waals surface area contributed by atoms with Crippen LogP contribution in [0.1, 0.15) is 46.3 Å². The van der Waals surface area contributed by atoms with E-state index in [0.717, 1.165) is 16.9 Å². The molecule has 4 aromatic carbocycles. The SMILES string of the molecule is O=C1CC(c2ccccc2)CC2=C1C(c1ccc([N+](=O)[O-])cc1)N(C(=O)c1ccccc1)c1ccccc1N2. The normalized spacial score (nSPS) is 18.5. The molecular formula is C32H25N3O4. The van der Waals surface area contributed by atoms with Gasteiger partial charge in [-0.25, -0.2) is 0 Å². The van der Waals surface area contributed by atoms with Gasteiger partial charge in [0.1, 0.15) is 0 Å². The second-order valence-electron chi connectivity index (χ2n) is 9.77. The van der Waals surface area contributed by atoms with Crippen molar-refractivity contribution in [3.8, 4) is 0 Å². The third-order valence-corrected chi connectivity index (χ3v) is 7.42. The standard InChI is InChI=1S/C32H25N3O4/c36-29-20-24(21-9-3-1-4-10-21)19-27-30(29)31(22-15-17-25(18-16-22)35(38)39)34(28-14-8-7-13-26(28)33-27)32(37)23-11-5-2-6-12-23/h1-18,24,31,33H,19-20H2. The molecule has 0 saturated carbocycles. The Morgan fingerprint density at radius 2 is 1.44 bits per heavy atom. The van der Waals surface area contributed by atoms with Gasteiger partial charge in [-0.15, -0.1) is 0 Å². The van der Waals surface area contributed by atoms with E-state index in [1.807, 2.05) is 60.7 Å². The topological polar surface area (TPSA) is 92.5 Å². The second kappa shape index (κ2) is 10.0. The van der Waals surface area contributed by atoms with E-state index < -0.39 is 11.0 Å². The molecule has 0 radical (unpaired) electrons. The number of anilines is 2. The van der Waals surface area contributed by atoms with Crippen LogP contribution in [-0.2, 0) is 4.79 Å². The molecular weight excluding hydrogens is 490 g/mol. The lowest BCUT2D eigenvalue weighted by molar-refractivity contribution is -0.384. The monoisotopic (exact) mass is 515 g/mol. The summed E-state index contributed by atoms with van der Waals surface area (Å²) >= 11 is 0. The molecule has 39 heavy (non-hydrogen) atoms. The average Bonchev–Trinajstić information content (AvgIpc) is 3.12. The summed E-state index contributed by atoms with van der Waals surface area (Å²) in [4.78, 5) is 40.8. The van der Waals surface area contributed by atoms with Crippen LogP contribution in [-0.4, -0.2) is 16.6 Å². The van der Waals surface area contributed by atoms with E-state index in [9.17, 15) is 19.7 Å². The highest BCUT2D eigenvalue weighted by molar-refractivity contribution is 6.12. The number of hydrogen-bond donors (Lipinski definition) is 1. The number of nitro benzene ring substituents is 1. The van der Waals surface area contributed by atoms with E-state index in [4.69, 9.17) is 0 Å². The Labute approximate surface area is 225 Å². The van der Waals surface area contributed by atoms with Crippen LogP contribution in [0.25, 0.3) is 0 Å². The minimum Gasteiger partial charge on any atom is -0.357 e. The number of carbonyl (C=O) groups is 2. The Bertz CT molecular complexity index is 1600. The number of rotatable bonds is 4. The average molecular weight is 516 g/mol. The van der Waals surface area contributed by atoms with Crippen molar-refractivity contribution in [1.82, 2.24) is 0 Å². The van der Waals surface area contributed by atoms with E-state index >= 15 is 0 Å². The van der Waals surface area contributed by atoms with Gasteiger partial charge in [-0.1, -0.05) is 60.7 Å². The van der Waals surface area contributed by atoms with Gasteiger partial charge in [0.2, 0.25) is 0 Å². The smallest absolute Gasteiger partial charge is 0.269 e. The number of nitrogens with zero attached hydrogens (tertiary/aromatic N) is 2. The number of Topliss-reactive ketones (excluding diaryl/α,β-unsaturated/α-hetero) is 1. The number of allylic oxidation sites excluding steroid dienone is 1. The summed E-state index contributed by atoms with van der Waals surface area (Å²) in [7, 11) is 0. The molecule has 1 N–H and O–H groups in total. The zero-order chi connectivity index (χ0) is 26.9. The van der Waals surface area contributed by atoms with Gasteiger partial charge in [0.15, 0.2) is 5.78 Å². The molecule has 1 amide bonds. The fourth-order valence-electron chi connectivity index (χ4n) is 5.59. The summed E-state index contributed by atoms with van der Waals surface area (Å²) in [6.45, 7) is 0. The van der Waals surface area contributed by atoms with Crippen molar-refractivity contribution in [1.29, 1.82) is 0 Å². The highest BCUT2D eigenvalue weighted by Crippen LogP contribution is 2.48. The van der Waals surface area contributed by atoms with Crippen LogP contribution in [0.4, 0.5) is 17.1 Å². The molecule has 7 heteroatoms. The summed E-state index contributed by atoms with van der Waals surface area (Å²) < 4.78 is 0. The summed E-state index contributed by atoms with van der Waals surface area (Å²) in [5.41, 5.74) is 4.77. The number of fused-ring (bicyclic) bond motifs is 1. The fourth-order valence-corrected chi connectivity index (χ4v) is 5.59. The van der Waals surface area contributed by atoms with E-state index in [-0.39, 0.29) is 23.3 Å². The van der Waals surface area contributed by atoms with Gasteiger partial charge in [-0.2, -0.15) is 0 Å². The van der Waals surface area contributed by atoms with Crippen molar-refractivity contribution in [2.24, 2.45) is 0 Å². The van der Waals surface area contributed by atoms with Gasteiger partial charge in [-0.3, -0.25) is 24.6 Å². The highest BCUT2D eigenvalue weighted by atomic mass is 16.6. The Balaban J connectivity index is 1.57. The molecule has 1 aliphatic carbocycles. The maximum Gasteiger partial charge on any atom is 0.269 e. The first kappa shape index (κ1) is 24.3. The lowest BCUT2D eigenvalue weighted by Gasteiger charge is -2.35. The Kier molecular flexibility index (Phi) is 6.25. The number of hydrogen-bond acceptors (Lipinski definition) is 5. The summed E-state index contributed by atoms with van der Waals surface area (Å²) in [6.07, 6.45) is 0.897. The van der Waals surface area contributed by atoms with Gasteiger partial charge in [0.05, 0.1) is 22.3 Å². The first-order valence-electron chi connectivity index (χ1n) is 12.8. The van der Waals surface area contributed by atoms with Gasteiger partial charge in [0.25, 0.3) is 11.6 Å². The molecule has 7 nitrogen and oxygen atoms in total.